The molecule has 0 bridgehead atoms. The minimum atomic E-state index is -0.413. The van der Waals surface area contributed by atoms with Gasteiger partial charge in [0.1, 0.15) is 23.0 Å². The van der Waals surface area contributed by atoms with E-state index in [1.165, 1.54) is 41.1 Å². The van der Waals surface area contributed by atoms with Crippen molar-refractivity contribution < 1.29 is 13.6 Å². The molecule has 2 aromatic heterocycles. The Morgan fingerprint density at radius 1 is 0.964 bits per heavy atom. The van der Waals surface area contributed by atoms with Gasteiger partial charge in [0.2, 0.25) is 0 Å². The van der Waals surface area contributed by atoms with E-state index in [1.807, 2.05) is 29.9 Å². The van der Waals surface area contributed by atoms with Crippen LogP contribution in [0.2, 0.25) is 0 Å². The molecule has 2 aromatic carbocycles. The summed E-state index contributed by atoms with van der Waals surface area (Å²) < 4.78 is 29.8. The number of carbonyl (C=O) groups is 1. The summed E-state index contributed by atoms with van der Waals surface area (Å²) in [7, 11) is 1.88. The van der Waals surface area contributed by atoms with Crippen LogP contribution in [0.25, 0.3) is 17.1 Å². The van der Waals surface area contributed by atoms with E-state index >= 15 is 0 Å². The van der Waals surface area contributed by atoms with Gasteiger partial charge in [0.25, 0.3) is 5.91 Å². The van der Waals surface area contributed by atoms with E-state index in [0.717, 1.165) is 5.69 Å². The van der Waals surface area contributed by atoms with Gasteiger partial charge >= 0.3 is 0 Å². The lowest BCUT2D eigenvalue weighted by atomic mass is 10.2. The number of aromatic nitrogens is 3. The van der Waals surface area contributed by atoms with Crippen LogP contribution < -0.4 is 5.32 Å². The number of nitrogens with one attached hydrogen (secondary N) is 1. The lowest BCUT2D eigenvalue weighted by Gasteiger charge is -2.08. The highest BCUT2D eigenvalue weighted by atomic mass is 19.1. The molecular weight excluding hydrogens is 362 g/mol. The van der Waals surface area contributed by atoms with Gasteiger partial charge in [-0.15, -0.1) is 0 Å². The van der Waals surface area contributed by atoms with Crippen molar-refractivity contribution >= 4 is 11.6 Å². The third-order valence-electron chi connectivity index (χ3n) is 4.32. The fraction of sp³-hybridized carbons (Fsp3) is 0.0476. The van der Waals surface area contributed by atoms with Gasteiger partial charge < -0.3 is 9.88 Å². The van der Waals surface area contributed by atoms with E-state index in [2.05, 4.69) is 10.4 Å². The SMILES string of the molecule is Cn1cccc1-c1cc(C(=O)Nc2ccc(F)cc2)n(-c2ccc(F)cc2)n1. The van der Waals surface area contributed by atoms with Crippen LogP contribution in [0.3, 0.4) is 0 Å². The smallest absolute Gasteiger partial charge is 0.274 e. The zero-order chi connectivity index (χ0) is 19.7. The zero-order valence-corrected chi connectivity index (χ0v) is 14.9. The van der Waals surface area contributed by atoms with Crippen LogP contribution >= 0.6 is 0 Å². The first-order valence-corrected chi connectivity index (χ1v) is 8.56. The Balaban J connectivity index is 1.76. The number of hydrogen-bond acceptors (Lipinski definition) is 2. The summed E-state index contributed by atoms with van der Waals surface area (Å²) in [6.45, 7) is 0. The van der Waals surface area contributed by atoms with E-state index in [1.54, 1.807) is 18.2 Å². The van der Waals surface area contributed by atoms with E-state index in [9.17, 15) is 13.6 Å². The Kier molecular flexibility index (Phi) is 4.49. The lowest BCUT2D eigenvalue weighted by molar-refractivity contribution is 0.101. The number of aryl methyl sites for hydroxylation is 1. The van der Waals surface area contributed by atoms with Gasteiger partial charge in [0, 0.05) is 18.9 Å². The number of nitrogens with zero attached hydrogens (tertiary/aromatic N) is 3. The first-order valence-electron chi connectivity index (χ1n) is 8.56. The Hall–Kier alpha value is -3.74. The van der Waals surface area contributed by atoms with Crippen molar-refractivity contribution in [3.05, 3.63) is 90.3 Å². The number of halogens is 2. The van der Waals surface area contributed by atoms with Crippen molar-refractivity contribution in [1.29, 1.82) is 0 Å². The largest absolute Gasteiger partial charge is 0.349 e. The fourth-order valence-corrected chi connectivity index (χ4v) is 2.90. The first-order chi connectivity index (χ1) is 13.5. The van der Waals surface area contributed by atoms with Gasteiger partial charge in [-0.05, 0) is 66.7 Å². The van der Waals surface area contributed by atoms with Crippen LogP contribution in [0, 0.1) is 11.6 Å². The van der Waals surface area contributed by atoms with E-state index in [-0.39, 0.29) is 17.3 Å². The maximum atomic E-state index is 13.3. The number of rotatable bonds is 4. The van der Waals surface area contributed by atoms with Crippen molar-refractivity contribution in [2.24, 2.45) is 7.05 Å². The minimum Gasteiger partial charge on any atom is -0.349 e. The summed E-state index contributed by atoms with van der Waals surface area (Å²) in [6, 6.07) is 16.6. The molecule has 5 nitrogen and oxygen atoms in total. The first kappa shape index (κ1) is 17.7. The van der Waals surface area contributed by atoms with E-state index in [0.29, 0.717) is 17.1 Å². The molecule has 2 heterocycles. The van der Waals surface area contributed by atoms with E-state index in [4.69, 9.17) is 0 Å². The van der Waals surface area contributed by atoms with Gasteiger partial charge in [-0.3, -0.25) is 4.79 Å². The summed E-state index contributed by atoms with van der Waals surface area (Å²) in [6.07, 6.45) is 1.88. The maximum absolute atomic E-state index is 13.3. The molecule has 0 saturated heterocycles. The quantitative estimate of drug-likeness (QED) is 0.572. The number of carbonyl (C=O) groups excluding carboxylic acids is 1. The Bertz CT molecular complexity index is 1130. The highest BCUT2D eigenvalue weighted by Crippen LogP contribution is 2.23. The number of amides is 1. The molecular formula is C21H16F2N4O. The Labute approximate surface area is 159 Å². The second kappa shape index (κ2) is 7.11. The molecule has 0 spiro atoms. The third kappa shape index (κ3) is 3.42. The second-order valence-corrected chi connectivity index (χ2v) is 6.27. The highest BCUT2D eigenvalue weighted by Gasteiger charge is 2.19. The van der Waals surface area contributed by atoms with Crippen LogP contribution in [-0.2, 0) is 7.05 Å². The molecule has 0 aliphatic carbocycles. The predicted molar refractivity (Wildman–Crippen MR) is 102 cm³/mol. The predicted octanol–water partition coefficient (Wildman–Crippen LogP) is 4.41. The molecule has 4 aromatic rings. The number of anilines is 1. The monoisotopic (exact) mass is 378 g/mol. The fourth-order valence-electron chi connectivity index (χ4n) is 2.90. The van der Waals surface area contributed by atoms with Crippen LogP contribution in [-0.4, -0.2) is 20.3 Å². The van der Waals surface area contributed by atoms with Gasteiger partial charge in [-0.2, -0.15) is 5.10 Å². The molecule has 0 atom stereocenters. The zero-order valence-electron chi connectivity index (χ0n) is 14.9. The lowest BCUT2D eigenvalue weighted by Crippen LogP contribution is -2.17. The van der Waals surface area contributed by atoms with Crippen LogP contribution in [0.4, 0.5) is 14.5 Å². The van der Waals surface area contributed by atoms with E-state index < -0.39 is 5.91 Å². The summed E-state index contributed by atoms with van der Waals surface area (Å²) in [4.78, 5) is 12.9. The summed E-state index contributed by atoms with van der Waals surface area (Å²) in [5.74, 6) is -1.18. The molecule has 0 aliphatic heterocycles. The summed E-state index contributed by atoms with van der Waals surface area (Å²) in [5, 5.41) is 7.28. The van der Waals surface area contributed by atoms with Gasteiger partial charge in [-0.1, -0.05) is 0 Å². The Morgan fingerprint density at radius 3 is 2.21 bits per heavy atom. The molecule has 0 fully saturated rings. The molecule has 0 radical (unpaired) electrons. The highest BCUT2D eigenvalue weighted by molar-refractivity contribution is 6.04. The van der Waals surface area contributed by atoms with Crippen LogP contribution in [0.15, 0.2) is 72.9 Å². The van der Waals surface area contributed by atoms with Gasteiger partial charge in [0.05, 0.1) is 11.4 Å². The maximum Gasteiger partial charge on any atom is 0.274 e. The number of benzene rings is 2. The number of hydrogen-bond donors (Lipinski definition) is 1. The standard InChI is InChI=1S/C21H16F2N4O/c1-26-12-2-3-19(26)18-13-20(21(28)24-16-8-4-14(22)5-9-16)27(25-18)17-10-6-15(23)7-11-17/h2-13H,1H3,(H,24,28). The minimum absolute atomic E-state index is 0.270. The Morgan fingerprint density at radius 2 is 1.61 bits per heavy atom. The van der Waals surface area contributed by atoms with Crippen molar-refractivity contribution in [2.75, 3.05) is 5.32 Å². The van der Waals surface area contributed by atoms with Gasteiger partial charge in [0.15, 0.2) is 0 Å². The average Bonchev–Trinajstić information content (AvgIpc) is 3.30. The van der Waals surface area contributed by atoms with Crippen LogP contribution in [0.1, 0.15) is 10.5 Å². The van der Waals surface area contributed by atoms with Crippen molar-refractivity contribution in [1.82, 2.24) is 14.3 Å². The molecule has 0 unspecified atom stereocenters. The molecule has 1 N–H and O–H groups in total. The van der Waals surface area contributed by atoms with Gasteiger partial charge in [-0.25, -0.2) is 13.5 Å². The molecule has 0 aliphatic rings. The normalized spacial score (nSPS) is 10.8. The molecule has 1 amide bonds. The summed E-state index contributed by atoms with van der Waals surface area (Å²) in [5.41, 5.74) is 2.70. The third-order valence-corrected chi connectivity index (χ3v) is 4.32. The van der Waals surface area contributed by atoms with Crippen molar-refractivity contribution in [2.45, 2.75) is 0 Å². The summed E-state index contributed by atoms with van der Waals surface area (Å²) >= 11 is 0. The van der Waals surface area contributed by atoms with Crippen molar-refractivity contribution in [3.63, 3.8) is 0 Å². The topological polar surface area (TPSA) is 51.9 Å². The second-order valence-electron chi connectivity index (χ2n) is 6.27. The van der Waals surface area contributed by atoms with Crippen LogP contribution in [0.5, 0.6) is 0 Å². The molecule has 7 heteroatoms. The van der Waals surface area contributed by atoms with Crippen molar-refractivity contribution in [3.8, 4) is 17.1 Å². The molecule has 4 rings (SSSR count). The average molecular weight is 378 g/mol. The molecule has 28 heavy (non-hydrogen) atoms. The molecule has 140 valence electrons. The molecule has 0 saturated carbocycles.